The number of rotatable bonds is 3. The first kappa shape index (κ1) is 11.0. The molecule has 0 aliphatic rings. The first-order valence-electron chi connectivity index (χ1n) is 4.11. The third kappa shape index (κ3) is 2.05. The van der Waals surface area contributed by atoms with Crippen LogP contribution in [0.15, 0.2) is 24.8 Å². The summed E-state index contributed by atoms with van der Waals surface area (Å²) in [5, 5.41) is 9.20. The van der Waals surface area contributed by atoms with Crippen molar-refractivity contribution in [3.05, 3.63) is 41.2 Å². The maximum Gasteiger partial charge on any atom is 0.145 e. The molecular weight excluding hydrogens is 205 g/mol. The van der Waals surface area contributed by atoms with Gasteiger partial charge in [-0.15, -0.1) is 6.58 Å². The summed E-state index contributed by atoms with van der Waals surface area (Å²) in [6.07, 6.45) is 2.12. The van der Waals surface area contributed by atoms with Gasteiger partial charge in [0.15, 0.2) is 0 Å². The van der Waals surface area contributed by atoms with Crippen LogP contribution in [0.2, 0.25) is 5.02 Å². The van der Waals surface area contributed by atoms with Crippen LogP contribution in [0, 0.1) is 5.82 Å². The molecule has 76 valence electrons. The molecule has 1 aromatic carbocycles. The Morgan fingerprint density at radius 1 is 1.64 bits per heavy atom. The first-order valence-corrected chi connectivity index (χ1v) is 4.49. The van der Waals surface area contributed by atoms with E-state index in [9.17, 15) is 9.50 Å². The highest BCUT2D eigenvalue weighted by Crippen LogP contribution is 2.33. The molecule has 0 fully saturated rings. The molecule has 0 aromatic heterocycles. The van der Waals surface area contributed by atoms with E-state index in [1.165, 1.54) is 12.1 Å². The number of phenolic OH excluding ortho intramolecular Hbond substituents is 1. The lowest BCUT2D eigenvalue weighted by Gasteiger charge is -2.12. The van der Waals surface area contributed by atoms with E-state index in [0.29, 0.717) is 12.0 Å². The van der Waals surface area contributed by atoms with Gasteiger partial charge in [0.1, 0.15) is 16.6 Å². The van der Waals surface area contributed by atoms with E-state index in [1.807, 2.05) is 0 Å². The topological polar surface area (TPSA) is 46.2 Å². The zero-order valence-electron chi connectivity index (χ0n) is 7.50. The van der Waals surface area contributed by atoms with E-state index in [1.54, 1.807) is 6.08 Å². The predicted molar refractivity (Wildman–Crippen MR) is 54.8 cm³/mol. The van der Waals surface area contributed by atoms with Crippen molar-refractivity contribution in [2.24, 2.45) is 5.73 Å². The zero-order valence-corrected chi connectivity index (χ0v) is 8.26. The van der Waals surface area contributed by atoms with Gasteiger partial charge < -0.3 is 10.8 Å². The molecule has 0 heterocycles. The van der Waals surface area contributed by atoms with Crippen molar-refractivity contribution in [3.8, 4) is 5.75 Å². The normalized spacial score (nSPS) is 12.5. The number of hydrogen-bond donors (Lipinski definition) is 2. The SMILES string of the molecule is C=CC[C@H](N)c1ccc(F)c(Cl)c1O. The molecule has 4 heteroatoms. The van der Waals surface area contributed by atoms with Gasteiger partial charge in [-0.05, 0) is 12.5 Å². The number of hydrogen-bond acceptors (Lipinski definition) is 2. The smallest absolute Gasteiger partial charge is 0.145 e. The molecule has 0 saturated heterocycles. The minimum Gasteiger partial charge on any atom is -0.506 e. The van der Waals surface area contributed by atoms with E-state index in [4.69, 9.17) is 17.3 Å². The monoisotopic (exact) mass is 215 g/mol. The minimum absolute atomic E-state index is 0.290. The largest absolute Gasteiger partial charge is 0.506 e. The first-order chi connectivity index (χ1) is 6.57. The van der Waals surface area contributed by atoms with Crippen molar-refractivity contribution in [2.75, 3.05) is 0 Å². The maximum atomic E-state index is 12.9. The number of aromatic hydroxyl groups is 1. The van der Waals surface area contributed by atoms with E-state index >= 15 is 0 Å². The molecule has 0 unspecified atom stereocenters. The lowest BCUT2D eigenvalue weighted by molar-refractivity contribution is 0.456. The Kier molecular flexibility index (Phi) is 3.49. The van der Waals surface area contributed by atoms with E-state index in [-0.39, 0.29) is 10.8 Å². The highest BCUT2D eigenvalue weighted by atomic mass is 35.5. The Morgan fingerprint density at radius 2 is 2.29 bits per heavy atom. The molecule has 0 radical (unpaired) electrons. The Balaban J connectivity index is 3.10. The van der Waals surface area contributed by atoms with Gasteiger partial charge in [0.25, 0.3) is 0 Å². The average molecular weight is 216 g/mol. The Labute approximate surface area is 86.8 Å². The molecule has 3 N–H and O–H groups in total. The van der Waals surface area contributed by atoms with E-state index in [0.717, 1.165) is 0 Å². The predicted octanol–water partition coefficient (Wildman–Crippen LogP) is 2.76. The lowest BCUT2D eigenvalue weighted by Crippen LogP contribution is -2.09. The highest BCUT2D eigenvalue weighted by Gasteiger charge is 2.14. The van der Waals surface area contributed by atoms with E-state index < -0.39 is 11.9 Å². The third-order valence-corrected chi connectivity index (χ3v) is 2.28. The second kappa shape index (κ2) is 4.44. The summed E-state index contributed by atoms with van der Waals surface area (Å²) >= 11 is 5.52. The summed E-state index contributed by atoms with van der Waals surface area (Å²) in [5.74, 6) is -0.945. The molecule has 0 saturated carbocycles. The van der Waals surface area contributed by atoms with Crippen LogP contribution in [0.1, 0.15) is 18.0 Å². The highest BCUT2D eigenvalue weighted by molar-refractivity contribution is 6.32. The fourth-order valence-electron chi connectivity index (χ4n) is 1.16. The van der Waals surface area contributed by atoms with Gasteiger partial charge in [-0.25, -0.2) is 4.39 Å². The van der Waals surface area contributed by atoms with Gasteiger partial charge in [0.2, 0.25) is 0 Å². The molecule has 14 heavy (non-hydrogen) atoms. The molecule has 1 atom stereocenters. The molecular formula is C10H11ClFNO. The van der Waals surface area contributed by atoms with Crippen molar-refractivity contribution >= 4 is 11.6 Å². The van der Waals surface area contributed by atoms with Gasteiger partial charge in [-0.2, -0.15) is 0 Å². The molecule has 1 aromatic rings. The van der Waals surface area contributed by atoms with Crippen LogP contribution in [0.5, 0.6) is 5.75 Å². The summed E-state index contributed by atoms with van der Waals surface area (Å²) in [6.45, 7) is 3.53. The van der Waals surface area contributed by atoms with Crippen LogP contribution in [0.3, 0.4) is 0 Å². The van der Waals surface area contributed by atoms with Crippen LogP contribution < -0.4 is 5.73 Å². The van der Waals surface area contributed by atoms with E-state index in [2.05, 4.69) is 6.58 Å². The minimum atomic E-state index is -0.654. The van der Waals surface area contributed by atoms with Gasteiger partial charge in [0, 0.05) is 11.6 Å². The van der Waals surface area contributed by atoms with Crippen LogP contribution in [0.4, 0.5) is 4.39 Å². The van der Waals surface area contributed by atoms with Crippen molar-refractivity contribution in [2.45, 2.75) is 12.5 Å². The number of halogens is 2. The number of phenols is 1. The Bertz CT molecular complexity index is 354. The fourth-order valence-corrected chi connectivity index (χ4v) is 1.33. The lowest BCUT2D eigenvalue weighted by atomic mass is 10.0. The summed E-state index contributed by atoms with van der Waals surface area (Å²) in [4.78, 5) is 0. The summed E-state index contributed by atoms with van der Waals surface area (Å²) in [5.41, 5.74) is 6.14. The van der Waals surface area contributed by atoms with Gasteiger partial charge in [-0.1, -0.05) is 23.7 Å². The molecule has 0 aliphatic carbocycles. The number of benzene rings is 1. The molecule has 2 nitrogen and oxygen atoms in total. The molecule has 0 aliphatic heterocycles. The standard InChI is InChI=1S/C10H11ClFNO/c1-2-3-8(13)6-4-5-7(12)9(11)10(6)14/h2,4-5,8,14H,1,3,13H2/t8-/m0/s1. The maximum absolute atomic E-state index is 12.9. The summed E-state index contributed by atoms with van der Waals surface area (Å²) < 4.78 is 12.9. The molecule has 0 bridgehead atoms. The molecule has 0 spiro atoms. The van der Waals surface area contributed by atoms with Gasteiger partial charge >= 0.3 is 0 Å². The van der Waals surface area contributed by atoms with Crippen LogP contribution >= 0.6 is 11.6 Å². The van der Waals surface area contributed by atoms with Crippen molar-refractivity contribution in [3.63, 3.8) is 0 Å². The van der Waals surface area contributed by atoms with Crippen LogP contribution in [-0.2, 0) is 0 Å². The van der Waals surface area contributed by atoms with Gasteiger partial charge in [0.05, 0.1) is 0 Å². The quantitative estimate of drug-likeness (QED) is 0.762. The zero-order chi connectivity index (χ0) is 10.7. The third-order valence-electron chi connectivity index (χ3n) is 1.92. The summed E-state index contributed by atoms with van der Waals surface area (Å²) in [6, 6.07) is 2.19. The average Bonchev–Trinajstić information content (AvgIpc) is 2.15. The van der Waals surface area contributed by atoms with Crippen LogP contribution in [0.25, 0.3) is 0 Å². The van der Waals surface area contributed by atoms with Crippen molar-refractivity contribution in [1.82, 2.24) is 0 Å². The number of nitrogens with two attached hydrogens (primary N) is 1. The van der Waals surface area contributed by atoms with Gasteiger partial charge in [-0.3, -0.25) is 0 Å². The van der Waals surface area contributed by atoms with Crippen molar-refractivity contribution in [1.29, 1.82) is 0 Å². The fraction of sp³-hybridized carbons (Fsp3) is 0.200. The Morgan fingerprint density at radius 3 is 2.86 bits per heavy atom. The van der Waals surface area contributed by atoms with Crippen molar-refractivity contribution < 1.29 is 9.50 Å². The second-order valence-electron chi connectivity index (χ2n) is 2.93. The summed E-state index contributed by atoms with van der Waals surface area (Å²) in [7, 11) is 0. The second-order valence-corrected chi connectivity index (χ2v) is 3.31. The Hall–Kier alpha value is -1.06. The van der Waals surface area contributed by atoms with Crippen LogP contribution in [-0.4, -0.2) is 5.11 Å². The molecule has 1 rings (SSSR count). The molecule has 0 amide bonds.